The van der Waals surface area contributed by atoms with Gasteiger partial charge in [0.15, 0.2) is 6.35 Å². The monoisotopic (exact) mass is 575 g/mol. The molecule has 5 rings (SSSR count). The second kappa shape index (κ2) is 11.6. The van der Waals surface area contributed by atoms with Crippen molar-refractivity contribution in [2.24, 2.45) is 0 Å². The molecule has 2 aliphatic heterocycles. The average Bonchev–Trinajstić information content (AvgIpc) is 3.60. The van der Waals surface area contributed by atoms with Crippen LogP contribution in [0.4, 0.5) is 10.1 Å². The molecule has 0 spiro atoms. The molecular weight excluding hydrogens is 545 g/mol. The van der Waals surface area contributed by atoms with Crippen LogP contribution in [0.15, 0.2) is 63.6 Å². The van der Waals surface area contributed by atoms with E-state index >= 15 is 4.39 Å². The first-order chi connectivity index (χ1) is 18.7. The molecule has 1 aromatic carbocycles. The van der Waals surface area contributed by atoms with Gasteiger partial charge >= 0.3 is 0 Å². The Balaban J connectivity index is 1.20. The number of nitrogens with one attached hydrogen (secondary N) is 3. The maximum Gasteiger partial charge on any atom is 0.261 e. The Hall–Kier alpha value is -3.10. The summed E-state index contributed by atoms with van der Waals surface area (Å²) in [6.45, 7) is 3.91. The van der Waals surface area contributed by atoms with Crippen LogP contribution < -0.4 is 15.4 Å². The van der Waals surface area contributed by atoms with Crippen LogP contribution in [-0.4, -0.2) is 73.7 Å². The van der Waals surface area contributed by atoms with Crippen molar-refractivity contribution in [3.63, 3.8) is 0 Å². The van der Waals surface area contributed by atoms with Gasteiger partial charge in [0, 0.05) is 30.0 Å². The summed E-state index contributed by atoms with van der Waals surface area (Å²) in [5.74, 6) is -1.81. The number of imide groups is 1. The Morgan fingerprint density at radius 3 is 2.69 bits per heavy atom. The zero-order valence-electron chi connectivity index (χ0n) is 21.1. The van der Waals surface area contributed by atoms with Gasteiger partial charge in [-0.25, -0.2) is 12.8 Å². The van der Waals surface area contributed by atoms with Crippen molar-refractivity contribution in [2.45, 2.75) is 42.3 Å². The normalized spacial score (nSPS) is 20.9. The van der Waals surface area contributed by atoms with Gasteiger partial charge < -0.3 is 20.6 Å². The van der Waals surface area contributed by atoms with Crippen LogP contribution in [0, 0.1) is 0 Å². The first-order valence-corrected chi connectivity index (χ1v) is 15.1. The van der Waals surface area contributed by atoms with E-state index in [9.17, 15) is 23.1 Å². The predicted molar refractivity (Wildman–Crippen MR) is 145 cm³/mol. The lowest BCUT2D eigenvalue weighted by Gasteiger charge is -2.34. The number of sulfonamides is 1. The molecule has 0 radical (unpaired) electrons. The number of rotatable bonds is 10. The van der Waals surface area contributed by atoms with E-state index in [4.69, 9.17) is 0 Å². The smallest absolute Gasteiger partial charge is 0.261 e. The molecular formula is C26H30FN5O5S2. The van der Waals surface area contributed by atoms with Gasteiger partial charge in [-0.2, -0.15) is 4.72 Å². The summed E-state index contributed by atoms with van der Waals surface area (Å²) >= 11 is 0.988. The molecule has 1 saturated heterocycles. The lowest BCUT2D eigenvalue weighted by molar-refractivity contribution is -0.130. The number of hydrogen-bond acceptors (Lipinski definition) is 9. The van der Waals surface area contributed by atoms with Gasteiger partial charge in [0.1, 0.15) is 10.0 Å². The van der Waals surface area contributed by atoms with Crippen molar-refractivity contribution < 1.29 is 27.5 Å². The van der Waals surface area contributed by atoms with E-state index < -0.39 is 40.1 Å². The summed E-state index contributed by atoms with van der Waals surface area (Å²) in [7, 11) is -3.95. The number of aliphatic hydroxyl groups excluding tert-OH is 1. The van der Waals surface area contributed by atoms with Crippen molar-refractivity contribution in [1.29, 1.82) is 0 Å². The van der Waals surface area contributed by atoms with Crippen LogP contribution in [0.5, 0.6) is 0 Å². The number of nitrogens with zero attached hydrogens (tertiary/aromatic N) is 2. The van der Waals surface area contributed by atoms with Gasteiger partial charge in [0.25, 0.3) is 15.9 Å². The topological polar surface area (TPSA) is 131 Å². The number of benzene rings is 1. The highest BCUT2D eigenvalue weighted by Gasteiger charge is 2.38. The van der Waals surface area contributed by atoms with Gasteiger partial charge in [-0.3, -0.25) is 14.5 Å². The Morgan fingerprint density at radius 2 is 1.97 bits per heavy atom. The number of carbonyl (C=O) groups excluding carboxylic acids is 2. The van der Waals surface area contributed by atoms with E-state index in [2.05, 4.69) is 20.3 Å². The molecule has 2 unspecified atom stereocenters. The van der Waals surface area contributed by atoms with Crippen LogP contribution >= 0.6 is 11.3 Å². The highest BCUT2D eigenvalue weighted by atomic mass is 32.2. The Kier molecular flexibility index (Phi) is 8.14. The van der Waals surface area contributed by atoms with E-state index in [1.165, 1.54) is 25.0 Å². The molecule has 1 aromatic heterocycles. The second-order valence-electron chi connectivity index (χ2n) is 9.63. The summed E-state index contributed by atoms with van der Waals surface area (Å²) in [4.78, 5) is 29.5. The van der Waals surface area contributed by atoms with E-state index in [1.807, 2.05) is 0 Å². The number of amides is 2. The third-order valence-corrected chi connectivity index (χ3v) is 9.74. The maximum atomic E-state index is 15.2. The number of aliphatic hydroxyl groups is 1. The Labute approximate surface area is 230 Å². The van der Waals surface area contributed by atoms with Crippen LogP contribution in [0.1, 0.15) is 35.2 Å². The van der Waals surface area contributed by atoms with E-state index in [0.29, 0.717) is 11.1 Å². The number of halogens is 1. The number of allylic oxidation sites excluding steroid dienone is 1. The number of hydrogen-bond donors (Lipinski definition) is 4. The van der Waals surface area contributed by atoms with Gasteiger partial charge in [-0.1, -0.05) is 12.1 Å². The summed E-state index contributed by atoms with van der Waals surface area (Å²) < 4.78 is 41.8. The second-order valence-corrected chi connectivity index (χ2v) is 12.5. The molecule has 2 atom stereocenters. The van der Waals surface area contributed by atoms with E-state index in [1.54, 1.807) is 29.6 Å². The summed E-state index contributed by atoms with van der Waals surface area (Å²) in [6, 6.07) is 7.10. The third kappa shape index (κ3) is 6.23. The molecule has 208 valence electrons. The number of anilines is 1. The lowest BCUT2D eigenvalue weighted by Crippen LogP contribution is -2.50. The number of thiophene rings is 1. The van der Waals surface area contributed by atoms with Gasteiger partial charge in [0.05, 0.1) is 12.5 Å². The summed E-state index contributed by atoms with van der Waals surface area (Å²) in [5.41, 5.74) is 1.91. The standard InChI is InChI=1S/C26H30FN5O5S2/c27-21-16-19(29-26(35)30-39(36,37)24-4-3-13-38-24)6-8-22(21)32-23(33)15-17-14-18(5-7-20(17)25(32)34)28-9-12-31-10-1-2-11-31/h3-7,13-14,16,22,26,28-30,35H,1-2,8-12,15H2. The van der Waals surface area contributed by atoms with Gasteiger partial charge in [-0.15, -0.1) is 11.3 Å². The molecule has 0 saturated carbocycles. The minimum atomic E-state index is -3.95. The maximum absolute atomic E-state index is 15.2. The number of fused-ring (bicyclic) bond motifs is 1. The quantitative estimate of drug-likeness (QED) is 0.250. The van der Waals surface area contributed by atoms with Crippen molar-refractivity contribution in [3.05, 3.63) is 70.5 Å². The number of likely N-dealkylation sites (tertiary alicyclic amines) is 1. The van der Waals surface area contributed by atoms with E-state index in [0.717, 1.165) is 54.2 Å². The fraction of sp³-hybridized carbons (Fsp3) is 0.385. The van der Waals surface area contributed by atoms with Crippen LogP contribution in [0.2, 0.25) is 0 Å². The van der Waals surface area contributed by atoms with Gasteiger partial charge in [-0.05, 0) is 73.6 Å². The molecule has 4 N–H and O–H groups in total. The molecule has 1 fully saturated rings. The minimum Gasteiger partial charge on any atom is -0.384 e. The molecule has 10 nitrogen and oxygen atoms in total. The van der Waals surface area contributed by atoms with Crippen molar-refractivity contribution in [3.8, 4) is 0 Å². The zero-order chi connectivity index (χ0) is 27.6. The Morgan fingerprint density at radius 1 is 1.18 bits per heavy atom. The van der Waals surface area contributed by atoms with Crippen molar-refractivity contribution >= 4 is 38.9 Å². The van der Waals surface area contributed by atoms with Crippen LogP contribution in [0.25, 0.3) is 0 Å². The summed E-state index contributed by atoms with van der Waals surface area (Å²) in [6.07, 6.45) is 3.22. The molecule has 0 bridgehead atoms. The molecule has 2 amide bonds. The highest BCUT2D eigenvalue weighted by Crippen LogP contribution is 2.30. The Bertz CT molecular complexity index is 1400. The molecule has 3 heterocycles. The lowest BCUT2D eigenvalue weighted by atomic mass is 9.94. The molecule has 13 heteroatoms. The van der Waals surface area contributed by atoms with Crippen LogP contribution in [-0.2, 0) is 21.2 Å². The number of carbonyl (C=O) groups is 2. The average molecular weight is 576 g/mol. The molecule has 39 heavy (non-hydrogen) atoms. The minimum absolute atomic E-state index is 0.0233. The summed E-state index contributed by atoms with van der Waals surface area (Å²) in [5, 5.41) is 17.6. The molecule has 3 aliphatic rings. The fourth-order valence-electron chi connectivity index (χ4n) is 5.02. The molecule has 1 aliphatic carbocycles. The molecule has 2 aromatic rings. The van der Waals surface area contributed by atoms with E-state index in [-0.39, 0.29) is 22.7 Å². The zero-order valence-corrected chi connectivity index (χ0v) is 22.7. The highest BCUT2D eigenvalue weighted by molar-refractivity contribution is 7.91. The SMILES string of the molecule is O=C1Cc2cc(NCCN3CCCC3)ccc2C(=O)N1C1CC=C(NC(O)NS(=O)(=O)c2cccs2)C=C1F. The third-order valence-electron chi connectivity index (χ3n) is 6.94. The largest absolute Gasteiger partial charge is 0.384 e. The van der Waals surface area contributed by atoms with Crippen molar-refractivity contribution in [2.75, 3.05) is 31.5 Å². The first-order valence-electron chi connectivity index (χ1n) is 12.7. The van der Waals surface area contributed by atoms with Gasteiger partial charge in [0.2, 0.25) is 5.91 Å². The van der Waals surface area contributed by atoms with Crippen LogP contribution in [0.3, 0.4) is 0 Å². The predicted octanol–water partition coefficient (Wildman–Crippen LogP) is 2.13. The fourth-order valence-corrected chi connectivity index (χ4v) is 7.02. The first kappa shape index (κ1) is 27.5. The van der Waals surface area contributed by atoms with Crippen molar-refractivity contribution in [1.82, 2.24) is 19.8 Å².